The average molecular weight is 495 g/mol. The lowest BCUT2D eigenvalue weighted by atomic mass is 9.67. The minimum absolute atomic E-state index is 0.604. The standard InChI is InChI=1S/C35H46N2/c1-36-18-17-27(35(36)26-13-7-4-8-14-26)21-31-30(32-22-33(31)29-16-10-9-15-28(29)32)19-24-20-34(37(2)23-24)25-11-5-3-6-12-25/h4-5,7-9,11-15,24,27,30-35H,3,6,10,16-23H2,1-2H3. The van der Waals surface area contributed by atoms with E-state index in [9.17, 15) is 0 Å². The zero-order valence-corrected chi connectivity index (χ0v) is 23.1. The van der Waals surface area contributed by atoms with E-state index in [-0.39, 0.29) is 0 Å². The monoisotopic (exact) mass is 494 g/mol. The Bertz CT molecular complexity index is 1110. The number of hydrogen-bond acceptors (Lipinski definition) is 2. The van der Waals surface area contributed by atoms with Crippen LogP contribution in [0.2, 0.25) is 0 Å². The molecule has 0 N–H and O–H groups in total. The summed E-state index contributed by atoms with van der Waals surface area (Å²) in [6, 6.07) is 12.7. The van der Waals surface area contributed by atoms with Gasteiger partial charge in [-0.3, -0.25) is 9.80 Å². The van der Waals surface area contributed by atoms with Crippen molar-refractivity contribution in [2.45, 2.75) is 69.9 Å². The SMILES string of the molecule is CN1CC(CC2C3CC(C4=C3C=CCC4)C2CC2CCN(C)C2c2ccccc2)CC1C1=CCCC=C1. The van der Waals surface area contributed by atoms with Crippen LogP contribution in [0.1, 0.15) is 69.4 Å². The van der Waals surface area contributed by atoms with E-state index < -0.39 is 0 Å². The van der Waals surface area contributed by atoms with E-state index in [2.05, 4.69) is 84.6 Å². The molecule has 1 aromatic rings. The summed E-state index contributed by atoms with van der Waals surface area (Å²) in [5.41, 5.74) is 6.82. The van der Waals surface area contributed by atoms with Crippen molar-refractivity contribution in [3.8, 4) is 0 Å². The third-order valence-electron chi connectivity index (χ3n) is 11.3. The Kier molecular flexibility index (Phi) is 6.54. The first-order chi connectivity index (χ1) is 18.2. The minimum Gasteiger partial charge on any atom is -0.299 e. The van der Waals surface area contributed by atoms with Gasteiger partial charge in [0.15, 0.2) is 0 Å². The first-order valence-corrected chi connectivity index (χ1v) is 15.4. The van der Waals surface area contributed by atoms with Gasteiger partial charge < -0.3 is 0 Å². The molecule has 1 aromatic carbocycles. The Labute approximate surface area is 225 Å². The lowest BCUT2D eigenvalue weighted by molar-refractivity contribution is 0.177. The lowest BCUT2D eigenvalue weighted by Gasteiger charge is -2.39. The van der Waals surface area contributed by atoms with Crippen LogP contribution >= 0.6 is 0 Å². The van der Waals surface area contributed by atoms with Crippen molar-refractivity contribution in [3.05, 3.63) is 83.0 Å². The Morgan fingerprint density at radius 2 is 1.68 bits per heavy atom. The fourth-order valence-electron chi connectivity index (χ4n) is 9.85. The zero-order valence-electron chi connectivity index (χ0n) is 23.1. The van der Waals surface area contributed by atoms with Gasteiger partial charge in [0.25, 0.3) is 0 Å². The van der Waals surface area contributed by atoms with Crippen molar-refractivity contribution in [1.29, 1.82) is 0 Å². The van der Waals surface area contributed by atoms with Gasteiger partial charge in [-0.15, -0.1) is 0 Å². The minimum atomic E-state index is 0.604. The number of likely N-dealkylation sites (N-methyl/N-ethyl adjacent to an activating group) is 1. The van der Waals surface area contributed by atoms with E-state index in [1.54, 1.807) is 16.7 Å². The molecule has 8 unspecified atom stereocenters. The van der Waals surface area contributed by atoms with Gasteiger partial charge in [0.2, 0.25) is 0 Å². The number of allylic oxidation sites excluding steroid dienone is 6. The Hall–Kier alpha value is -1.90. The molecular weight excluding hydrogens is 448 g/mol. The normalized spacial score (nSPS) is 39.6. The van der Waals surface area contributed by atoms with E-state index in [0.29, 0.717) is 12.1 Å². The fourth-order valence-corrected chi connectivity index (χ4v) is 9.85. The average Bonchev–Trinajstić information content (AvgIpc) is 3.68. The second-order valence-electron chi connectivity index (χ2n) is 13.3. The van der Waals surface area contributed by atoms with Crippen LogP contribution in [-0.2, 0) is 0 Å². The third kappa shape index (κ3) is 4.33. The van der Waals surface area contributed by atoms with Crippen molar-refractivity contribution in [2.24, 2.45) is 35.5 Å². The van der Waals surface area contributed by atoms with Crippen LogP contribution in [0.3, 0.4) is 0 Å². The Balaban J connectivity index is 1.13. The number of rotatable bonds is 6. The maximum atomic E-state index is 2.68. The zero-order chi connectivity index (χ0) is 24.9. The predicted molar refractivity (Wildman–Crippen MR) is 154 cm³/mol. The summed E-state index contributed by atoms with van der Waals surface area (Å²) in [4.78, 5) is 5.33. The van der Waals surface area contributed by atoms with Gasteiger partial charge in [0.1, 0.15) is 0 Å². The van der Waals surface area contributed by atoms with Crippen LogP contribution < -0.4 is 0 Å². The molecule has 1 saturated carbocycles. The molecule has 7 rings (SSSR count). The number of benzene rings is 1. The van der Waals surface area contributed by atoms with Crippen LogP contribution in [-0.4, -0.2) is 43.0 Å². The van der Waals surface area contributed by atoms with Gasteiger partial charge in [0, 0.05) is 18.6 Å². The molecule has 0 radical (unpaired) electrons. The first kappa shape index (κ1) is 24.2. The Morgan fingerprint density at radius 1 is 0.838 bits per heavy atom. The summed E-state index contributed by atoms with van der Waals surface area (Å²) < 4.78 is 0. The summed E-state index contributed by atoms with van der Waals surface area (Å²) >= 11 is 0. The molecule has 3 fully saturated rings. The van der Waals surface area contributed by atoms with Crippen molar-refractivity contribution in [3.63, 3.8) is 0 Å². The largest absolute Gasteiger partial charge is 0.299 e. The smallest absolute Gasteiger partial charge is 0.0373 e. The highest BCUT2D eigenvalue weighted by Crippen LogP contribution is 2.62. The maximum Gasteiger partial charge on any atom is 0.0373 e. The van der Waals surface area contributed by atoms with Gasteiger partial charge in [-0.05, 0) is 131 Å². The summed E-state index contributed by atoms with van der Waals surface area (Å²) in [7, 11) is 4.75. The fraction of sp³-hybridized carbons (Fsp3) is 0.600. The quantitative estimate of drug-likeness (QED) is 0.402. The second-order valence-corrected chi connectivity index (χ2v) is 13.3. The van der Waals surface area contributed by atoms with Crippen LogP contribution in [0, 0.1) is 35.5 Å². The molecule has 196 valence electrons. The van der Waals surface area contributed by atoms with Gasteiger partial charge in [-0.2, -0.15) is 0 Å². The molecule has 2 heterocycles. The Morgan fingerprint density at radius 3 is 2.51 bits per heavy atom. The van der Waals surface area contributed by atoms with Gasteiger partial charge in [-0.25, -0.2) is 0 Å². The molecule has 2 nitrogen and oxygen atoms in total. The van der Waals surface area contributed by atoms with Crippen LogP contribution in [0.25, 0.3) is 0 Å². The second kappa shape index (κ2) is 10.0. The molecule has 2 saturated heterocycles. The molecule has 0 amide bonds. The van der Waals surface area contributed by atoms with E-state index >= 15 is 0 Å². The lowest BCUT2D eigenvalue weighted by Crippen LogP contribution is -2.31. The van der Waals surface area contributed by atoms with Crippen LogP contribution in [0.4, 0.5) is 0 Å². The van der Waals surface area contributed by atoms with Crippen LogP contribution in [0.5, 0.6) is 0 Å². The van der Waals surface area contributed by atoms with E-state index in [0.717, 1.165) is 35.5 Å². The molecule has 2 bridgehead atoms. The van der Waals surface area contributed by atoms with E-state index in [4.69, 9.17) is 0 Å². The summed E-state index contributed by atoms with van der Waals surface area (Å²) in [6.07, 6.45) is 24.6. The highest BCUT2D eigenvalue weighted by atomic mass is 15.2. The molecule has 37 heavy (non-hydrogen) atoms. The highest BCUT2D eigenvalue weighted by Gasteiger charge is 2.53. The molecule has 2 heteroatoms. The number of fused-ring (bicyclic) bond motifs is 4. The predicted octanol–water partition coefficient (Wildman–Crippen LogP) is 7.59. The van der Waals surface area contributed by atoms with Crippen molar-refractivity contribution < 1.29 is 0 Å². The molecule has 4 aliphatic carbocycles. The van der Waals surface area contributed by atoms with Crippen molar-refractivity contribution in [1.82, 2.24) is 9.80 Å². The van der Waals surface area contributed by atoms with Gasteiger partial charge >= 0.3 is 0 Å². The van der Waals surface area contributed by atoms with Crippen molar-refractivity contribution in [2.75, 3.05) is 27.2 Å². The van der Waals surface area contributed by atoms with Crippen LogP contribution in [0.15, 0.2) is 77.4 Å². The summed E-state index contributed by atoms with van der Waals surface area (Å²) in [6.45, 7) is 2.54. The first-order valence-electron chi connectivity index (χ1n) is 15.4. The van der Waals surface area contributed by atoms with Gasteiger partial charge in [-0.1, -0.05) is 66.3 Å². The number of nitrogens with zero attached hydrogens (tertiary/aromatic N) is 2. The number of likely N-dealkylation sites (tertiary alicyclic amines) is 2. The van der Waals surface area contributed by atoms with Crippen molar-refractivity contribution >= 4 is 0 Å². The van der Waals surface area contributed by atoms with E-state index in [1.165, 1.54) is 70.9 Å². The molecule has 8 atom stereocenters. The summed E-state index contributed by atoms with van der Waals surface area (Å²) in [5.74, 6) is 5.16. The number of hydrogen-bond donors (Lipinski definition) is 0. The topological polar surface area (TPSA) is 6.48 Å². The van der Waals surface area contributed by atoms with E-state index in [1.807, 2.05) is 5.57 Å². The summed E-state index contributed by atoms with van der Waals surface area (Å²) in [5, 5.41) is 0. The molecule has 0 aromatic heterocycles. The van der Waals surface area contributed by atoms with Gasteiger partial charge in [0.05, 0.1) is 0 Å². The highest BCUT2D eigenvalue weighted by molar-refractivity contribution is 5.42. The molecule has 0 spiro atoms. The molecular formula is C35H46N2. The third-order valence-corrected chi connectivity index (χ3v) is 11.3. The molecule has 2 aliphatic heterocycles. The molecule has 6 aliphatic rings. The maximum absolute atomic E-state index is 2.68.